The van der Waals surface area contributed by atoms with Gasteiger partial charge in [0.15, 0.2) is 23.0 Å². The summed E-state index contributed by atoms with van der Waals surface area (Å²) >= 11 is 0. The van der Waals surface area contributed by atoms with E-state index in [1.54, 1.807) is 43.3 Å². The van der Waals surface area contributed by atoms with E-state index in [-0.39, 0.29) is 24.8 Å². The minimum absolute atomic E-state index is 0. The Morgan fingerprint density at radius 3 is 1.46 bits per heavy atom. The molecule has 12 heteroatoms. The lowest BCUT2D eigenvalue weighted by Gasteiger charge is -2.29. The summed E-state index contributed by atoms with van der Waals surface area (Å²) in [4.78, 5) is 15.8. The number of aryl methyl sites for hydroxylation is 1. The van der Waals surface area contributed by atoms with Gasteiger partial charge in [0, 0.05) is 12.8 Å². The predicted molar refractivity (Wildman–Crippen MR) is 147 cm³/mol. The Bertz CT molecular complexity index is 1030. The van der Waals surface area contributed by atoms with Crippen molar-refractivity contribution in [1.82, 2.24) is 0 Å². The third-order valence-electron chi connectivity index (χ3n) is 7.19. The molecule has 1 fully saturated rings. The molecule has 2 aromatic rings. The summed E-state index contributed by atoms with van der Waals surface area (Å²) < 4.78 is 37.9. The number of hydrogen-bond acceptors (Lipinski definition) is 8. The summed E-state index contributed by atoms with van der Waals surface area (Å²) in [6, 6.07) is 7.29. The molecule has 0 radical (unpaired) electrons. The second kappa shape index (κ2) is 18.6. The van der Waals surface area contributed by atoms with Gasteiger partial charge >= 0.3 is 5.97 Å². The highest BCUT2D eigenvalue weighted by molar-refractivity contribution is 5.91. The number of hydrogen-bond donors (Lipinski definition) is 2. The van der Waals surface area contributed by atoms with Crippen molar-refractivity contribution in [3.05, 3.63) is 35.4 Å². The number of nitrogens with one attached hydrogen (secondary N) is 2. The first kappa shape index (κ1) is 36.2. The predicted octanol–water partition coefficient (Wildman–Crippen LogP) is -5.29. The van der Waals surface area contributed by atoms with Crippen molar-refractivity contribution in [3.63, 3.8) is 0 Å². The first-order valence-corrected chi connectivity index (χ1v) is 13.4. The first-order valence-electron chi connectivity index (χ1n) is 13.4. The molecule has 232 valence electrons. The van der Waals surface area contributed by atoms with Gasteiger partial charge in [-0.2, -0.15) is 0 Å². The number of piperazine rings is 1. The van der Waals surface area contributed by atoms with E-state index >= 15 is 0 Å². The molecule has 0 saturated carbocycles. The number of ether oxygens (including phenoxy) is 7. The van der Waals surface area contributed by atoms with E-state index in [4.69, 9.17) is 33.2 Å². The minimum Gasteiger partial charge on any atom is -1.00 e. The number of rotatable bonds is 15. The standard InChI is InChI=1S/C29H42N2O8.2ClH/c1-33-23-17-21(18-24(34-2)27(23)37-5)9-7-10-30-12-14-31(15-13-30)11-8-16-39-29(32)22-19-25(35-3)28(38-6)26(20-22)36-4;;/h17-20H,7-16H2,1-6H3;2*1H. The zero-order chi connectivity index (χ0) is 28.2. The highest BCUT2D eigenvalue weighted by Crippen LogP contribution is 2.39. The van der Waals surface area contributed by atoms with Crippen LogP contribution in [0.3, 0.4) is 0 Å². The van der Waals surface area contributed by atoms with Crippen LogP contribution >= 0.6 is 0 Å². The summed E-state index contributed by atoms with van der Waals surface area (Å²) in [6.07, 6.45) is 2.89. The van der Waals surface area contributed by atoms with E-state index in [1.165, 1.54) is 26.9 Å². The topological polar surface area (TPSA) is 90.6 Å². The van der Waals surface area contributed by atoms with Crippen LogP contribution < -0.4 is 63.0 Å². The van der Waals surface area contributed by atoms with Crippen LogP contribution in [0, 0.1) is 0 Å². The second-order valence-corrected chi connectivity index (χ2v) is 9.54. The lowest BCUT2D eigenvalue weighted by atomic mass is 10.1. The molecule has 0 unspecified atom stereocenters. The third-order valence-corrected chi connectivity index (χ3v) is 7.19. The van der Waals surface area contributed by atoms with Crippen LogP contribution in [0.4, 0.5) is 0 Å². The summed E-state index contributed by atoms with van der Waals surface area (Å²) in [5, 5.41) is 0. The van der Waals surface area contributed by atoms with Crippen LogP contribution in [0.15, 0.2) is 24.3 Å². The van der Waals surface area contributed by atoms with Crippen LogP contribution in [-0.2, 0) is 11.2 Å². The Hall–Kier alpha value is -2.79. The third kappa shape index (κ3) is 9.92. The zero-order valence-electron chi connectivity index (χ0n) is 24.9. The summed E-state index contributed by atoms with van der Waals surface area (Å²) in [6.45, 7) is 7.05. The number of esters is 1. The average molecular weight is 620 g/mol. The molecule has 41 heavy (non-hydrogen) atoms. The maximum atomic E-state index is 12.6. The zero-order valence-corrected chi connectivity index (χ0v) is 26.4. The molecule has 2 aromatic carbocycles. The summed E-state index contributed by atoms with van der Waals surface area (Å²) in [5.41, 5.74) is 1.56. The van der Waals surface area contributed by atoms with Gasteiger partial charge in [0.2, 0.25) is 11.5 Å². The van der Waals surface area contributed by atoms with Crippen molar-refractivity contribution in [2.24, 2.45) is 0 Å². The van der Waals surface area contributed by atoms with Crippen molar-refractivity contribution in [3.8, 4) is 34.5 Å². The Morgan fingerprint density at radius 2 is 1.05 bits per heavy atom. The second-order valence-electron chi connectivity index (χ2n) is 9.54. The Morgan fingerprint density at radius 1 is 0.634 bits per heavy atom. The van der Waals surface area contributed by atoms with Gasteiger partial charge in [-0.25, -0.2) is 4.79 Å². The highest BCUT2D eigenvalue weighted by atomic mass is 35.5. The number of methoxy groups -OCH3 is 6. The molecule has 1 saturated heterocycles. The van der Waals surface area contributed by atoms with E-state index in [0.717, 1.165) is 58.5 Å². The molecule has 0 aromatic heterocycles. The van der Waals surface area contributed by atoms with Crippen molar-refractivity contribution >= 4 is 5.97 Å². The lowest BCUT2D eigenvalue weighted by Crippen LogP contribution is -3.28. The van der Waals surface area contributed by atoms with Gasteiger partial charge in [0.1, 0.15) is 26.2 Å². The monoisotopic (exact) mass is 618 g/mol. The van der Waals surface area contributed by atoms with E-state index in [9.17, 15) is 4.79 Å². The first-order chi connectivity index (χ1) is 19.0. The van der Waals surface area contributed by atoms with Crippen LogP contribution in [-0.4, -0.2) is 94.5 Å². The molecule has 1 aliphatic rings. The summed E-state index contributed by atoms with van der Waals surface area (Å²) in [7, 11) is 9.48. The van der Waals surface area contributed by atoms with Gasteiger partial charge in [-0.15, -0.1) is 0 Å². The van der Waals surface area contributed by atoms with Crippen molar-refractivity contribution in [2.75, 3.05) is 88.5 Å². The molecule has 0 aliphatic carbocycles. The van der Waals surface area contributed by atoms with Crippen LogP contribution in [0.25, 0.3) is 0 Å². The molecule has 0 spiro atoms. The molecular weight excluding hydrogens is 575 g/mol. The van der Waals surface area contributed by atoms with E-state index in [0.29, 0.717) is 46.7 Å². The maximum Gasteiger partial charge on any atom is 0.338 e. The number of carbonyl (C=O) groups is 1. The normalized spacial score (nSPS) is 16.0. The number of quaternary nitrogens is 2. The Labute approximate surface area is 255 Å². The largest absolute Gasteiger partial charge is 1.00 e. The van der Waals surface area contributed by atoms with Crippen molar-refractivity contribution in [1.29, 1.82) is 0 Å². The van der Waals surface area contributed by atoms with Crippen molar-refractivity contribution < 1.29 is 72.6 Å². The molecule has 3 rings (SSSR count). The van der Waals surface area contributed by atoms with E-state index in [1.807, 2.05) is 12.1 Å². The minimum atomic E-state index is -0.398. The van der Waals surface area contributed by atoms with Gasteiger partial charge < -0.3 is 67.8 Å². The fourth-order valence-electron chi connectivity index (χ4n) is 5.05. The smallest absolute Gasteiger partial charge is 0.338 e. The van der Waals surface area contributed by atoms with Crippen molar-refractivity contribution in [2.45, 2.75) is 19.3 Å². The summed E-state index contributed by atoms with van der Waals surface area (Å²) in [5.74, 6) is 2.93. The molecular formula is C29H44Cl2N2O8. The highest BCUT2D eigenvalue weighted by Gasteiger charge is 2.23. The van der Waals surface area contributed by atoms with Gasteiger partial charge in [-0.05, 0) is 36.2 Å². The van der Waals surface area contributed by atoms with Crippen LogP contribution in [0.5, 0.6) is 34.5 Å². The number of carbonyl (C=O) groups excluding carboxylic acids is 1. The lowest BCUT2D eigenvalue weighted by molar-refractivity contribution is -1.01. The van der Waals surface area contributed by atoms with Gasteiger partial charge in [-0.1, -0.05) is 0 Å². The molecule has 10 nitrogen and oxygen atoms in total. The maximum absolute atomic E-state index is 12.6. The molecule has 0 atom stereocenters. The quantitative estimate of drug-likeness (QED) is 0.151. The Balaban J connectivity index is 0.00000420. The van der Waals surface area contributed by atoms with Gasteiger partial charge in [0.05, 0.1) is 67.9 Å². The molecule has 0 amide bonds. The van der Waals surface area contributed by atoms with E-state index < -0.39 is 5.97 Å². The molecule has 2 N–H and O–H groups in total. The fourth-order valence-corrected chi connectivity index (χ4v) is 5.05. The van der Waals surface area contributed by atoms with Gasteiger partial charge in [0.25, 0.3) is 0 Å². The molecule has 1 aliphatic heterocycles. The average Bonchev–Trinajstić information content (AvgIpc) is 2.98. The fraction of sp³-hybridized carbons (Fsp3) is 0.552. The SMILES string of the molecule is COc1cc(CCC[NH+]2CC[NH+](CCCOC(=O)c3cc(OC)c(OC)c(OC)c3)CC2)cc(OC)c1OC.[Cl-].[Cl-]. The molecule has 1 heterocycles. The van der Waals surface area contributed by atoms with Crippen LogP contribution in [0.2, 0.25) is 0 Å². The molecule has 0 bridgehead atoms. The van der Waals surface area contributed by atoms with E-state index in [2.05, 4.69) is 0 Å². The number of benzene rings is 2. The van der Waals surface area contributed by atoms with Gasteiger partial charge in [-0.3, -0.25) is 0 Å². The Kier molecular flexibility index (Phi) is 16.4. The number of halogens is 2. The van der Waals surface area contributed by atoms with Crippen LogP contribution in [0.1, 0.15) is 28.8 Å².